The zero-order chi connectivity index (χ0) is 30.5. The molecule has 0 saturated carbocycles. The zero-order valence-corrected chi connectivity index (χ0v) is 24.7. The van der Waals surface area contributed by atoms with Crippen LogP contribution in [0.5, 0.6) is 11.8 Å². The number of carbonyl (C=O) groups is 1. The lowest BCUT2D eigenvalue weighted by atomic mass is 10.1. The summed E-state index contributed by atoms with van der Waals surface area (Å²) < 4.78 is 22.8. The topological polar surface area (TPSA) is 117 Å². The summed E-state index contributed by atoms with van der Waals surface area (Å²) in [6, 6.07) is 6.39. The molecule has 4 heterocycles. The molecule has 5 rings (SSSR count). The Morgan fingerprint density at radius 3 is 2.77 bits per heavy atom. The summed E-state index contributed by atoms with van der Waals surface area (Å²) >= 11 is 0. The van der Waals surface area contributed by atoms with Crippen LogP contribution in [-0.4, -0.2) is 91.7 Å². The quantitative estimate of drug-likeness (QED) is 0.274. The van der Waals surface area contributed by atoms with Gasteiger partial charge < -0.3 is 24.8 Å². The number of piperazine rings is 1. The lowest BCUT2D eigenvalue weighted by Gasteiger charge is -2.40. The van der Waals surface area contributed by atoms with E-state index in [-0.39, 0.29) is 23.7 Å². The number of ether oxygens (including phenoxy) is 1. The van der Waals surface area contributed by atoms with E-state index in [2.05, 4.69) is 41.7 Å². The summed E-state index contributed by atoms with van der Waals surface area (Å²) in [5.41, 5.74) is 2.67. The van der Waals surface area contributed by atoms with E-state index in [0.29, 0.717) is 48.2 Å². The standard InChI is InChI=1S/C30H35FN10O2/c1-6-27(42)41-14-12-39(18-21(41)3)28-24(17-33-29(37-28)36-23-16-34-40(19-23)13-11-38(4)5)22-7-8-26(25(31)15-22)43-30-32-10-9-20(2)35-30/h6-10,15-17,19,21H,1,11-14,18H2,2-5H3,(H,33,36,37)/t21-/m1/s1. The van der Waals surface area contributed by atoms with E-state index in [1.54, 1.807) is 42.5 Å². The van der Waals surface area contributed by atoms with Crippen LogP contribution < -0.4 is 15.0 Å². The SMILES string of the molecule is C=CC(=O)N1CCN(c2nc(Nc3cnn(CCN(C)C)c3)ncc2-c2ccc(Oc3nccc(C)n3)c(F)c2)C[C@H]1C. The van der Waals surface area contributed by atoms with Gasteiger partial charge in [-0.15, -0.1) is 0 Å². The van der Waals surface area contributed by atoms with E-state index < -0.39 is 5.82 Å². The summed E-state index contributed by atoms with van der Waals surface area (Å²) in [4.78, 5) is 36.0. The number of benzene rings is 1. The van der Waals surface area contributed by atoms with Crippen molar-refractivity contribution >= 4 is 23.4 Å². The van der Waals surface area contributed by atoms with Crippen LogP contribution >= 0.6 is 0 Å². The summed E-state index contributed by atoms with van der Waals surface area (Å²) in [6.07, 6.45) is 8.18. The highest BCUT2D eigenvalue weighted by Crippen LogP contribution is 2.34. The van der Waals surface area contributed by atoms with Crippen LogP contribution in [-0.2, 0) is 11.3 Å². The van der Waals surface area contributed by atoms with Crippen molar-refractivity contribution < 1.29 is 13.9 Å². The Hall–Kier alpha value is -4.91. The first-order valence-corrected chi connectivity index (χ1v) is 14.0. The van der Waals surface area contributed by atoms with Crippen molar-refractivity contribution in [3.8, 4) is 22.9 Å². The number of aromatic nitrogens is 6. The van der Waals surface area contributed by atoms with E-state index in [4.69, 9.17) is 9.72 Å². The molecule has 0 unspecified atom stereocenters. The third kappa shape index (κ3) is 7.12. The molecule has 12 nitrogen and oxygen atoms in total. The van der Waals surface area contributed by atoms with Gasteiger partial charge in [0, 0.05) is 62.1 Å². The number of hydrogen-bond donors (Lipinski definition) is 1. The Labute approximate surface area is 249 Å². The minimum Gasteiger partial charge on any atom is -0.421 e. The second-order valence-electron chi connectivity index (χ2n) is 10.6. The van der Waals surface area contributed by atoms with Gasteiger partial charge in [0.05, 0.1) is 18.4 Å². The van der Waals surface area contributed by atoms with Crippen LogP contribution in [0.15, 0.2) is 61.7 Å². The Morgan fingerprint density at radius 1 is 1.21 bits per heavy atom. The van der Waals surface area contributed by atoms with E-state index >= 15 is 4.39 Å². The summed E-state index contributed by atoms with van der Waals surface area (Å²) in [5.74, 6) is 0.312. The molecule has 1 saturated heterocycles. The molecule has 1 atom stereocenters. The maximum atomic E-state index is 15.3. The average Bonchev–Trinajstić information content (AvgIpc) is 3.44. The van der Waals surface area contributed by atoms with Gasteiger partial charge in [0.25, 0.3) is 0 Å². The molecule has 1 aliphatic rings. The molecule has 0 aliphatic carbocycles. The number of aryl methyl sites for hydroxylation is 1. The molecule has 3 aromatic heterocycles. The van der Waals surface area contributed by atoms with Crippen molar-refractivity contribution in [2.45, 2.75) is 26.4 Å². The van der Waals surface area contributed by atoms with Crippen molar-refractivity contribution in [2.24, 2.45) is 0 Å². The van der Waals surface area contributed by atoms with Crippen molar-refractivity contribution in [2.75, 3.05) is 50.5 Å². The molecule has 0 spiro atoms. The van der Waals surface area contributed by atoms with Gasteiger partial charge >= 0.3 is 6.01 Å². The number of amides is 1. The van der Waals surface area contributed by atoms with Gasteiger partial charge in [0.15, 0.2) is 11.6 Å². The average molecular weight is 587 g/mol. The highest BCUT2D eigenvalue weighted by Gasteiger charge is 2.29. The minimum atomic E-state index is -0.573. The Bertz CT molecular complexity index is 1610. The van der Waals surface area contributed by atoms with Crippen LogP contribution in [0.2, 0.25) is 0 Å². The van der Waals surface area contributed by atoms with Gasteiger partial charge in [-0.3, -0.25) is 9.48 Å². The lowest BCUT2D eigenvalue weighted by molar-refractivity contribution is -0.128. The predicted molar refractivity (Wildman–Crippen MR) is 162 cm³/mol. The molecule has 0 radical (unpaired) electrons. The molecule has 1 amide bonds. The fourth-order valence-corrected chi connectivity index (χ4v) is 4.78. The Balaban J connectivity index is 1.44. The fourth-order valence-electron chi connectivity index (χ4n) is 4.78. The molecular formula is C30H35FN10O2. The Kier molecular flexibility index (Phi) is 8.90. The van der Waals surface area contributed by atoms with Crippen molar-refractivity contribution in [3.63, 3.8) is 0 Å². The number of halogens is 1. The molecule has 13 heteroatoms. The van der Waals surface area contributed by atoms with E-state index in [1.807, 2.05) is 31.9 Å². The van der Waals surface area contributed by atoms with Crippen LogP contribution in [0.4, 0.5) is 21.8 Å². The van der Waals surface area contributed by atoms with Crippen LogP contribution in [0, 0.1) is 12.7 Å². The molecule has 1 aliphatic heterocycles. The lowest BCUT2D eigenvalue weighted by Crippen LogP contribution is -2.54. The van der Waals surface area contributed by atoms with Gasteiger partial charge in [-0.2, -0.15) is 10.1 Å². The van der Waals surface area contributed by atoms with Crippen LogP contribution in [0.3, 0.4) is 0 Å². The minimum absolute atomic E-state index is 0.00607. The second kappa shape index (κ2) is 12.9. The number of rotatable bonds is 10. The van der Waals surface area contributed by atoms with Gasteiger partial charge in [0.2, 0.25) is 11.9 Å². The highest BCUT2D eigenvalue weighted by atomic mass is 19.1. The van der Waals surface area contributed by atoms with E-state index in [0.717, 1.165) is 18.8 Å². The normalized spacial score (nSPS) is 15.1. The first-order valence-electron chi connectivity index (χ1n) is 14.0. The van der Waals surface area contributed by atoms with Crippen molar-refractivity contribution in [1.82, 2.24) is 39.5 Å². The first kappa shape index (κ1) is 29.6. The zero-order valence-electron chi connectivity index (χ0n) is 24.7. The maximum Gasteiger partial charge on any atom is 0.322 e. The molecule has 1 N–H and O–H groups in total. The van der Waals surface area contributed by atoms with Crippen LogP contribution in [0.25, 0.3) is 11.1 Å². The molecule has 1 aromatic carbocycles. The number of likely N-dealkylation sites (N-methyl/N-ethyl adjacent to an activating group) is 1. The molecule has 0 bridgehead atoms. The van der Waals surface area contributed by atoms with Gasteiger partial charge in [-0.25, -0.2) is 19.3 Å². The summed E-state index contributed by atoms with van der Waals surface area (Å²) in [6.45, 7) is 10.6. The number of nitrogens with one attached hydrogen (secondary N) is 1. The predicted octanol–water partition coefficient (Wildman–Crippen LogP) is 3.90. The molecular weight excluding hydrogens is 551 g/mol. The third-order valence-corrected chi connectivity index (χ3v) is 7.04. The highest BCUT2D eigenvalue weighted by molar-refractivity contribution is 5.87. The van der Waals surface area contributed by atoms with Gasteiger partial charge in [-0.1, -0.05) is 12.6 Å². The maximum absolute atomic E-state index is 15.3. The monoisotopic (exact) mass is 586 g/mol. The fraction of sp³-hybridized carbons (Fsp3) is 0.333. The van der Waals surface area contributed by atoms with Crippen molar-refractivity contribution in [3.05, 3.63) is 73.2 Å². The van der Waals surface area contributed by atoms with Crippen LogP contribution in [0.1, 0.15) is 12.6 Å². The number of nitrogens with zero attached hydrogens (tertiary/aromatic N) is 9. The largest absolute Gasteiger partial charge is 0.421 e. The summed E-state index contributed by atoms with van der Waals surface area (Å²) in [5, 5.41) is 7.65. The van der Waals surface area contributed by atoms with Gasteiger partial charge in [-0.05, 0) is 57.8 Å². The molecule has 43 heavy (non-hydrogen) atoms. The number of carbonyl (C=O) groups excluding carboxylic acids is 1. The number of anilines is 3. The van der Waals surface area contributed by atoms with E-state index in [9.17, 15) is 4.79 Å². The Morgan fingerprint density at radius 2 is 2.05 bits per heavy atom. The summed E-state index contributed by atoms with van der Waals surface area (Å²) in [7, 11) is 4.02. The number of hydrogen-bond acceptors (Lipinski definition) is 10. The smallest absolute Gasteiger partial charge is 0.322 e. The molecule has 4 aromatic rings. The molecule has 1 fully saturated rings. The van der Waals surface area contributed by atoms with E-state index in [1.165, 1.54) is 18.2 Å². The first-order chi connectivity index (χ1) is 20.7. The second-order valence-corrected chi connectivity index (χ2v) is 10.6. The molecule has 224 valence electrons. The van der Waals surface area contributed by atoms with Gasteiger partial charge in [0.1, 0.15) is 5.82 Å². The third-order valence-electron chi connectivity index (χ3n) is 7.04. The van der Waals surface area contributed by atoms with Crippen molar-refractivity contribution in [1.29, 1.82) is 0 Å².